The van der Waals surface area contributed by atoms with E-state index in [1.54, 1.807) is 0 Å². The fourth-order valence-electron chi connectivity index (χ4n) is 6.50. The molecule has 0 saturated carbocycles. The van der Waals surface area contributed by atoms with Crippen LogP contribution in [-0.4, -0.2) is 14.5 Å². The monoisotopic (exact) mass is 547 g/mol. The number of hydrogen-bond acceptors (Lipinski definition) is 2. The first-order valence-corrected chi connectivity index (χ1v) is 14.6. The van der Waals surface area contributed by atoms with Crippen LogP contribution in [0.25, 0.3) is 82.6 Å². The van der Waals surface area contributed by atoms with Crippen molar-refractivity contribution in [2.45, 2.75) is 0 Å². The molecule has 0 N–H and O–H groups in total. The Morgan fingerprint density at radius 3 is 1.81 bits per heavy atom. The zero-order valence-corrected chi connectivity index (χ0v) is 23.3. The van der Waals surface area contributed by atoms with Gasteiger partial charge >= 0.3 is 0 Å². The van der Waals surface area contributed by atoms with Crippen LogP contribution >= 0.6 is 0 Å². The molecule has 0 bridgehead atoms. The molecule has 0 amide bonds. The normalized spacial score (nSPS) is 11.7. The van der Waals surface area contributed by atoms with Crippen LogP contribution in [0.2, 0.25) is 0 Å². The number of para-hydroxylation sites is 1. The van der Waals surface area contributed by atoms with Crippen LogP contribution in [-0.2, 0) is 0 Å². The fourth-order valence-corrected chi connectivity index (χ4v) is 6.50. The van der Waals surface area contributed by atoms with Crippen molar-refractivity contribution in [1.29, 1.82) is 0 Å². The van der Waals surface area contributed by atoms with E-state index in [4.69, 9.17) is 9.97 Å². The van der Waals surface area contributed by atoms with Crippen LogP contribution in [0.3, 0.4) is 0 Å². The molecule has 2 heterocycles. The zero-order chi connectivity index (χ0) is 28.3. The predicted octanol–water partition coefficient (Wildman–Crippen LogP) is 10.4. The molecule has 9 aromatic rings. The SMILES string of the molecule is c1ccc(-c2nc3ccc4cc(-n5c6ccccc6c6cc7ccccc7cc65)ccc4c3nc2-c2ccccc2)cc1. The molecular weight excluding hydrogens is 522 g/mol. The highest BCUT2D eigenvalue weighted by atomic mass is 15.0. The van der Waals surface area contributed by atoms with Crippen molar-refractivity contribution < 1.29 is 0 Å². The molecule has 0 atom stereocenters. The third kappa shape index (κ3) is 3.75. The van der Waals surface area contributed by atoms with Crippen molar-refractivity contribution in [1.82, 2.24) is 14.5 Å². The minimum atomic E-state index is 0.891. The summed E-state index contributed by atoms with van der Waals surface area (Å²) >= 11 is 0. The lowest BCUT2D eigenvalue weighted by Crippen LogP contribution is -1.97. The smallest absolute Gasteiger partial charge is 0.0973 e. The molecule has 3 nitrogen and oxygen atoms in total. The highest BCUT2D eigenvalue weighted by molar-refractivity contribution is 6.14. The Labute approximate surface area is 248 Å². The van der Waals surface area contributed by atoms with Gasteiger partial charge in [0.25, 0.3) is 0 Å². The Morgan fingerprint density at radius 1 is 0.395 bits per heavy atom. The summed E-state index contributed by atoms with van der Waals surface area (Å²) < 4.78 is 2.39. The molecule has 3 heteroatoms. The molecule has 7 aromatic carbocycles. The second-order valence-electron chi connectivity index (χ2n) is 11.1. The van der Waals surface area contributed by atoms with Gasteiger partial charge in [-0.3, -0.25) is 0 Å². The lowest BCUT2D eigenvalue weighted by molar-refractivity contribution is 1.19. The van der Waals surface area contributed by atoms with Gasteiger partial charge in [-0.05, 0) is 52.6 Å². The summed E-state index contributed by atoms with van der Waals surface area (Å²) in [4.78, 5) is 10.5. The van der Waals surface area contributed by atoms with Crippen LogP contribution in [0.1, 0.15) is 0 Å². The first kappa shape index (κ1) is 23.9. The van der Waals surface area contributed by atoms with Crippen LogP contribution < -0.4 is 0 Å². The van der Waals surface area contributed by atoms with Crippen LogP contribution in [0.5, 0.6) is 0 Å². The molecule has 200 valence electrons. The number of benzene rings is 7. The van der Waals surface area contributed by atoms with Gasteiger partial charge in [0, 0.05) is 33.0 Å². The first-order chi connectivity index (χ1) is 21.3. The Hall–Kier alpha value is -5.80. The minimum absolute atomic E-state index is 0.891. The summed E-state index contributed by atoms with van der Waals surface area (Å²) in [5.41, 5.74) is 9.25. The van der Waals surface area contributed by atoms with Gasteiger partial charge in [0.1, 0.15) is 0 Å². The van der Waals surface area contributed by atoms with Crippen LogP contribution in [0, 0.1) is 0 Å². The highest BCUT2D eigenvalue weighted by Crippen LogP contribution is 2.37. The second-order valence-corrected chi connectivity index (χ2v) is 11.1. The first-order valence-electron chi connectivity index (χ1n) is 14.6. The summed E-state index contributed by atoms with van der Waals surface area (Å²) in [7, 11) is 0. The zero-order valence-electron chi connectivity index (χ0n) is 23.3. The third-order valence-corrected chi connectivity index (χ3v) is 8.53. The lowest BCUT2D eigenvalue weighted by atomic mass is 10.0. The van der Waals surface area contributed by atoms with Crippen molar-refractivity contribution in [3.8, 4) is 28.2 Å². The van der Waals surface area contributed by atoms with Gasteiger partial charge in [-0.1, -0.05) is 115 Å². The van der Waals surface area contributed by atoms with Gasteiger partial charge in [-0.15, -0.1) is 0 Å². The second kappa shape index (κ2) is 9.37. The molecule has 0 aliphatic rings. The number of aromatic nitrogens is 3. The minimum Gasteiger partial charge on any atom is -0.309 e. The molecule has 0 aliphatic carbocycles. The average Bonchev–Trinajstić information content (AvgIpc) is 3.40. The molecule has 9 rings (SSSR count). The van der Waals surface area contributed by atoms with E-state index in [1.807, 2.05) is 12.1 Å². The van der Waals surface area contributed by atoms with E-state index in [0.717, 1.165) is 50.0 Å². The number of nitrogens with zero attached hydrogens (tertiary/aromatic N) is 3. The van der Waals surface area contributed by atoms with E-state index in [2.05, 4.69) is 144 Å². The Balaban J connectivity index is 1.29. The van der Waals surface area contributed by atoms with E-state index < -0.39 is 0 Å². The van der Waals surface area contributed by atoms with Gasteiger partial charge in [0.15, 0.2) is 0 Å². The summed E-state index contributed by atoms with van der Waals surface area (Å²) in [5, 5.41) is 7.25. The maximum absolute atomic E-state index is 5.31. The molecule has 0 saturated heterocycles. The number of hydrogen-bond donors (Lipinski definition) is 0. The average molecular weight is 548 g/mol. The van der Waals surface area contributed by atoms with E-state index >= 15 is 0 Å². The summed E-state index contributed by atoms with van der Waals surface area (Å²) in [6, 6.07) is 53.6. The lowest BCUT2D eigenvalue weighted by Gasteiger charge is -2.13. The van der Waals surface area contributed by atoms with Gasteiger partial charge in [0.2, 0.25) is 0 Å². The highest BCUT2D eigenvalue weighted by Gasteiger charge is 2.17. The maximum atomic E-state index is 5.31. The summed E-state index contributed by atoms with van der Waals surface area (Å²) in [5.74, 6) is 0. The van der Waals surface area contributed by atoms with E-state index in [-0.39, 0.29) is 0 Å². The molecule has 2 aromatic heterocycles. The Morgan fingerprint density at radius 2 is 1.05 bits per heavy atom. The fraction of sp³-hybridized carbons (Fsp3) is 0. The van der Waals surface area contributed by atoms with Gasteiger partial charge in [-0.2, -0.15) is 0 Å². The van der Waals surface area contributed by atoms with Crippen molar-refractivity contribution in [3.63, 3.8) is 0 Å². The van der Waals surface area contributed by atoms with E-state index in [0.29, 0.717) is 0 Å². The summed E-state index contributed by atoms with van der Waals surface area (Å²) in [6.07, 6.45) is 0. The Bertz CT molecular complexity index is 2490. The molecule has 0 radical (unpaired) electrons. The largest absolute Gasteiger partial charge is 0.309 e. The number of fused-ring (bicyclic) bond motifs is 7. The molecule has 0 fully saturated rings. The molecule has 43 heavy (non-hydrogen) atoms. The van der Waals surface area contributed by atoms with Crippen LogP contribution in [0.15, 0.2) is 152 Å². The van der Waals surface area contributed by atoms with Crippen molar-refractivity contribution in [2.24, 2.45) is 0 Å². The maximum Gasteiger partial charge on any atom is 0.0973 e. The molecule has 0 unspecified atom stereocenters. The quantitative estimate of drug-likeness (QED) is 0.206. The topological polar surface area (TPSA) is 30.7 Å². The van der Waals surface area contributed by atoms with Crippen molar-refractivity contribution in [2.75, 3.05) is 0 Å². The van der Waals surface area contributed by atoms with Gasteiger partial charge in [0.05, 0.1) is 33.5 Å². The standard InChI is InChI=1S/C40H25N3/c1-3-11-26(12-4-1)38-39(27-13-5-2-6-14-27)42-40-32-21-20-31(23-30(32)19-22-35(40)41-38)43-36-18-10-9-17-33(36)34-24-28-15-7-8-16-29(28)25-37(34)43/h1-25H. The van der Waals surface area contributed by atoms with Crippen molar-refractivity contribution >= 4 is 54.4 Å². The molecular formula is C40H25N3. The van der Waals surface area contributed by atoms with Crippen molar-refractivity contribution in [3.05, 3.63) is 152 Å². The van der Waals surface area contributed by atoms with E-state index in [9.17, 15) is 0 Å². The van der Waals surface area contributed by atoms with Crippen LogP contribution in [0.4, 0.5) is 0 Å². The van der Waals surface area contributed by atoms with Gasteiger partial charge < -0.3 is 4.57 Å². The van der Waals surface area contributed by atoms with E-state index in [1.165, 1.54) is 32.6 Å². The van der Waals surface area contributed by atoms with Gasteiger partial charge in [-0.25, -0.2) is 9.97 Å². The summed E-state index contributed by atoms with van der Waals surface area (Å²) in [6.45, 7) is 0. The molecule has 0 spiro atoms. The third-order valence-electron chi connectivity index (χ3n) is 8.53. The Kier molecular flexibility index (Phi) is 5.20. The number of rotatable bonds is 3. The predicted molar refractivity (Wildman–Crippen MR) is 180 cm³/mol. The molecule has 0 aliphatic heterocycles.